The van der Waals surface area contributed by atoms with Crippen LogP contribution < -0.4 is 16.2 Å². The first-order chi connectivity index (χ1) is 10.4. The van der Waals surface area contributed by atoms with Crippen molar-refractivity contribution in [2.45, 2.75) is 43.7 Å². The molecule has 120 valence electrons. The molecule has 5 nitrogen and oxygen atoms in total. The average molecular weight is 303 g/mol. The highest BCUT2D eigenvalue weighted by Crippen LogP contribution is 2.41. The number of carbonyl (C=O) groups is 1. The Morgan fingerprint density at radius 1 is 1.23 bits per heavy atom. The second kappa shape index (κ2) is 5.25. The molecule has 5 heteroatoms. The number of rotatable bonds is 2. The zero-order valence-electron chi connectivity index (χ0n) is 13.4. The lowest BCUT2D eigenvalue weighted by atomic mass is 9.87. The molecule has 4 N–H and O–H groups in total. The number of fused-ring (bicyclic) bond motifs is 1. The van der Waals surface area contributed by atoms with Crippen molar-refractivity contribution in [3.8, 4) is 5.75 Å². The number of amides is 1. The van der Waals surface area contributed by atoms with Crippen molar-refractivity contribution >= 4 is 5.91 Å². The Balaban J connectivity index is 1.86. The zero-order valence-corrected chi connectivity index (χ0v) is 13.4. The topological polar surface area (TPSA) is 81.6 Å². The first-order valence-corrected chi connectivity index (χ1v) is 7.91. The van der Waals surface area contributed by atoms with Gasteiger partial charge in [0.25, 0.3) is 0 Å². The van der Waals surface area contributed by atoms with Crippen molar-refractivity contribution in [2.24, 2.45) is 11.5 Å². The molecule has 1 fully saturated rings. The Kier molecular flexibility index (Phi) is 3.65. The van der Waals surface area contributed by atoms with Crippen molar-refractivity contribution in [3.05, 3.63) is 29.3 Å². The summed E-state index contributed by atoms with van der Waals surface area (Å²) in [6.45, 7) is 3.41. The highest BCUT2D eigenvalue weighted by Gasteiger charge is 2.46. The zero-order chi connectivity index (χ0) is 16.0. The van der Waals surface area contributed by atoms with Gasteiger partial charge in [-0.25, -0.2) is 0 Å². The lowest BCUT2D eigenvalue weighted by Crippen LogP contribution is -2.57. The summed E-state index contributed by atoms with van der Waals surface area (Å²) in [6, 6.07) is 5.79. The van der Waals surface area contributed by atoms with Gasteiger partial charge in [0.15, 0.2) is 0 Å². The van der Waals surface area contributed by atoms with E-state index in [9.17, 15) is 4.79 Å². The second-order valence-corrected chi connectivity index (χ2v) is 6.90. The molecule has 1 unspecified atom stereocenters. The molecule has 0 spiro atoms. The van der Waals surface area contributed by atoms with E-state index in [0.29, 0.717) is 19.5 Å². The van der Waals surface area contributed by atoms with Crippen LogP contribution in [0.5, 0.6) is 5.75 Å². The highest BCUT2D eigenvalue weighted by molar-refractivity contribution is 5.89. The van der Waals surface area contributed by atoms with Crippen LogP contribution in [0, 0.1) is 0 Å². The molecule has 1 aromatic carbocycles. The van der Waals surface area contributed by atoms with Crippen LogP contribution in [0.25, 0.3) is 0 Å². The Morgan fingerprint density at radius 3 is 2.55 bits per heavy atom. The normalized spacial score (nSPS) is 26.6. The smallest absolute Gasteiger partial charge is 0.247 e. The Hall–Kier alpha value is -1.59. The minimum absolute atomic E-state index is 0.0232. The van der Waals surface area contributed by atoms with Gasteiger partial charge in [0.2, 0.25) is 5.91 Å². The fraction of sp³-hybridized carbons (Fsp3) is 0.588. The molecule has 1 aliphatic carbocycles. The fourth-order valence-corrected chi connectivity index (χ4v) is 3.61. The molecule has 0 radical (unpaired) electrons. The predicted octanol–water partition coefficient (Wildman–Crippen LogP) is 1.14. The summed E-state index contributed by atoms with van der Waals surface area (Å²) in [5.74, 6) is 0.848. The minimum atomic E-state index is -0.924. The van der Waals surface area contributed by atoms with Crippen LogP contribution in [0.4, 0.5) is 0 Å². The molecular formula is C17H25N3O2. The average Bonchev–Trinajstić information content (AvgIpc) is 2.85. The molecule has 1 saturated heterocycles. The van der Waals surface area contributed by atoms with Crippen molar-refractivity contribution in [1.29, 1.82) is 0 Å². The summed E-state index contributed by atoms with van der Waals surface area (Å²) in [5.41, 5.74) is 13.6. The summed E-state index contributed by atoms with van der Waals surface area (Å²) < 4.78 is 5.41. The molecule has 0 saturated carbocycles. The molecule has 1 aromatic rings. The summed E-state index contributed by atoms with van der Waals surface area (Å²) in [4.78, 5) is 14.9. The van der Waals surface area contributed by atoms with Crippen LogP contribution in [0.2, 0.25) is 0 Å². The lowest BCUT2D eigenvalue weighted by Gasteiger charge is -2.40. The van der Waals surface area contributed by atoms with E-state index < -0.39 is 5.54 Å². The van der Waals surface area contributed by atoms with Crippen LogP contribution >= 0.6 is 0 Å². The molecule has 1 amide bonds. The molecule has 1 heterocycles. The number of benzene rings is 1. The van der Waals surface area contributed by atoms with Crippen molar-refractivity contribution < 1.29 is 9.53 Å². The second-order valence-electron chi connectivity index (χ2n) is 6.90. The number of methoxy groups -OCH3 is 1. The van der Waals surface area contributed by atoms with Crippen LogP contribution in [0.15, 0.2) is 18.2 Å². The van der Waals surface area contributed by atoms with Gasteiger partial charge in [0.05, 0.1) is 7.11 Å². The van der Waals surface area contributed by atoms with Gasteiger partial charge in [0.1, 0.15) is 11.3 Å². The highest BCUT2D eigenvalue weighted by atomic mass is 16.5. The van der Waals surface area contributed by atoms with E-state index in [1.165, 1.54) is 0 Å². The monoisotopic (exact) mass is 303 g/mol. The predicted molar refractivity (Wildman–Crippen MR) is 85.6 cm³/mol. The van der Waals surface area contributed by atoms with Gasteiger partial charge in [-0.2, -0.15) is 0 Å². The van der Waals surface area contributed by atoms with Gasteiger partial charge < -0.3 is 21.1 Å². The minimum Gasteiger partial charge on any atom is -0.496 e. The summed E-state index contributed by atoms with van der Waals surface area (Å²) in [6.07, 6.45) is 3.06. The van der Waals surface area contributed by atoms with E-state index in [1.807, 2.05) is 30.0 Å². The van der Waals surface area contributed by atoms with E-state index in [-0.39, 0.29) is 11.4 Å². The van der Waals surface area contributed by atoms with E-state index in [2.05, 4.69) is 0 Å². The maximum Gasteiger partial charge on any atom is 0.247 e. The van der Waals surface area contributed by atoms with Gasteiger partial charge in [-0.1, -0.05) is 12.1 Å². The Morgan fingerprint density at radius 2 is 1.91 bits per heavy atom. The number of nitrogens with zero attached hydrogens (tertiary/aromatic N) is 1. The van der Waals surface area contributed by atoms with Crippen molar-refractivity contribution in [2.75, 3.05) is 20.2 Å². The Labute approximate surface area is 131 Å². The molecule has 1 atom stereocenters. The maximum absolute atomic E-state index is 13.0. The number of hydrogen-bond acceptors (Lipinski definition) is 4. The molecular weight excluding hydrogens is 278 g/mol. The molecule has 0 bridgehead atoms. The fourth-order valence-electron chi connectivity index (χ4n) is 3.61. The summed E-state index contributed by atoms with van der Waals surface area (Å²) in [7, 11) is 1.65. The molecule has 2 aliphatic rings. The lowest BCUT2D eigenvalue weighted by molar-refractivity contribution is -0.138. The molecule has 0 aromatic heterocycles. The number of hydrogen-bond donors (Lipinski definition) is 2. The van der Waals surface area contributed by atoms with Gasteiger partial charge in [-0.05, 0) is 49.8 Å². The van der Waals surface area contributed by atoms with Crippen LogP contribution in [-0.2, 0) is 16.8 Å². The van der Waals surface area contributed by atoms with Crippen molar-refractivity contribution in [1.82, 2.24) is 4.90 Å². The third-order valence-electron chi connectivity index (χ3n) is 5.18. The number of carbonyl (C=O) groups excluding carboxylic acids is 1. The van der Waals surface area contributed by atoms with Crippen molar-refractivity contribution in [3.63, 3.8) is 0 Å². The number of ether oxygens (including phenoxy) is 1. The molecule has 22 heavy (non-hydrogen) atoms. The third kappa shape index (κ3) is 2.38. The standard InChI is InChI=1S/C17H25N3O2/c1-16(18)8-10-20(11-9-16)15(21)17(19)7-6-12-13(17)4-3-5-14(12)22-2/h3-5H,6-11,18-19H2,1-2H3. The number of piperidine rings is 1. The maximum atomic E-state index is 13.0. The van der Waals surface area contributed by atoms with Crippen LogP contribution in [0.1, 0.15) is 37.3 Å². The number of likely N-dealkylation sites (tertiary alicyclic amines) is 1. The Bertz CT molecular complexity index is 590. The molecule has 1 aliphatic heterocycles. The third-order valence-corrected chi connectivity index (χ3v) is 5.18. The van der Waals surface area contributed by atoms with Gasteiger partial charge in [-0.3, -0.25) is 4.79 Å². The van der Waals surface area contributed by atoms with Gasteiger partial charge in [0, 0.05) is 18.6 Å². The summed E-state index contributed by atoms with van der Waals surface area (Å²) in [5, 5.41) is 0. The van der Waals surface area contributed by atoms with E-state index in [1.54, 1.807) is 7.11 Å². The quantitative estimate of drug-likeness (QED) is 0.858. The van der Waals surface area contributed by atoms with E-state index >= 15 is 0 Å². The van der Waals surface area contributed by atoms with Crippen LogP contribution in [0.3, 0.4) is 0 Å². The molecule has 3 rings (SSSR count). The van der Waals surface area contributed by atoms with Crippen LogP contribution in [-0.4, -0.2) is 36.5 Å². The largest absolute Gasteiger partial charge is 0.496 e. The summed E-state index contributed by atoms with van der Waals surface area (Å²) >= 11 is 0. The first kappa shape index (κ1) is 15.3. The van der Waals surface area contributed by atoms with Gasteiger partial charge in [-0.15, -0.1) is 0 Å². The van der Waals surface area contributed by atoms with Gasteiger partial charge >= 0.3 is 0 Å². The number of nitrogens with two attached hydrogens (primary N) is 2. The van der Waals surface area contributed by atoms with E-state index in [0.717, 1.165) is 36.1 Å². The van der Waals surface area contributed by atoms with E-state index in [4.69, 9.17) is 16.2 Å². The first-order valence-electron chi connectivity index (χ1n) is 7.91. The SMILES string of the molecule is COc1cccc2c1CCC2(N)C(=O)N1CCC(C)(N)CC1.